The highest BCUT2D eigenvalue weighted by Gasteiger charge is 2.11. The van der Waals surface area contributed by atoms with Gasteiger partial charge in [0.15, 0.2) is 0 Å². The predicted octanol–water partition coefficient (Wildman–Crippen LogP) is 3.07. The molecule has 0 radical (unpaired) electrons. The molecule has 2 N–H and O–H groups in total. The molecule has 3 nitrogen and oxygen atoms in total. The average molecular weight is 256 g/mol. The second kappa shape index (κ2) is 6.90. The van der Waals surface area contributed by atoms with Crippen LogP contribution in [0.5, 0.6) is 5.75 Å². The lowest BCUT2D eigenvalue weighted by Gasteiger charge is -2.19. The minimum Gasteiger partial charge on any atom is -0.508 e. The fourth-order valence-corrected chi connectivity index (χ4v) is 2.13. The molecule has 0 amide bonds. The van der Waals surface area contributed by atoms with E-state index in [-0.39, 0.29) is 6.04 Å². The van der Waals surface area contributed by atoms with Gasteiger partial charge < -0.3 is 10.4 Å². The van der Waals surface area contributed by atoms with E-state index >= 15 is 0 Å². The van der Waals surface area contributed by atoms with Gasteiger partial charge in [0, 0.05) is 18.4 Å². The Morgan fingerprint density at radius 3 is 2.84 bits per heavy atom. The molecule has 0 aliphatic rings. The molecule has 19 heavy (non-hydrogen) atoms. The molecule has 0 bridgehead atoms. The lowest BCUT2D eigenvalue weighted by molar-refractivity contribution is 0.472. The molecular weight excluding hydrogens is 236 g/mol. The maximum absolute atomic E-state index is 9.54. The minimum absolute atomic E-state index is 0.232. The summed E-state index contributed by atoms with van der Waals surface area (Å²) in [7, 11) is 0. The predicted molar refractivity (Wildman–Crippen MR) is 77.1 cm³/mol. The second-order valence-corrected chi connectivity index (χ2v) is 4.67. The SMILES string of the molecule is CCCNC(Cc1cccc(O)c1)c1cccnc1. The zero-order valence-electron chi connectivity index (χ0n) is 11.2. The molecule has 2 rings (SSSR count). The van der Waals surface area contributed by atoms with Crippen molar-refractivity contribution >= 4 is 0 Å². The van der Waals surface area contributed by atoms with Gasteiger partial charge in [-0.25, -0.2) is 0 Å². The summed E-state index contributed by atoms with van der Waals surface area (Å²) >= 11 is 0. The molecule has 1 aromatic carbocycles. The van der Waals surface area contributed by atoms with Crippen LogP contribution in [0.4, 0.5) is 0 Å². The molecule has 1 heterocycles. The van der Waals surface area contributed by atoms with Crippen LogP contribution in [0.25, 0.3) is 0 Å². The van der Waals surface area contributed by atoms with Gasteiger partial charge in [-0.3, -0.25) is 4.98 Å². The number of aromatic nitrogens is 1. The number of phenols is 1. The lowest BCUT2D eigenvalue weighted by Crippen LogP contribution is -2.24. The van der Waals surface area contributed by atoms with Crippen molar-refractivity contribution in [2.24, 2.45) is 0 Å². The maximum Gasteiger partial charge on any atom is 0.115 e. The minimum atomic E-state index is 0.232. The van der Waals surface area contributed by atoms with Crippen molar-refractivity contribution in [2.45, 2.75) is 25.8 Å². The Balaban J connectivity index is 2.14. The van der Waals surface area contributed by atoms with Crippen molar-refractivity contribution in [1.82, 2.24) is 10.3 Å². The second-order valence-electron chi connectivity index (χ2n) is 4.67. The quantitative estimate of drug-likeness (QED) is 0.835. The number of hydrogen-bond acceptors (Lipinski definition) is 3. The van der Waals surface area contributed by atoms with Crippen LogP contribution in [-0.4, -0.2) is 16.6 Å². The molecule has 0 saturated carbocycles. The van der Waals surface area contributed by atoms with Crippen molar-refractivity contribution in [2.75, 3.05) is 6.54 Å². The molecule has 0 aliphatic heterocycles. The van der Waals surface area contributed by atoms with Crippen LogP contribution in [0.3, 0.4) is 0 Å². The highest BCUT2D eigenvalue weighted by molar-refractivity contribution is 5.29. The van der Waals surface area contributed by atoms with Crippen LogP contribution < -0.4 is 5.32 Å². The third kappa shape index (κ3) is 4.07. The Morgan fingerprint density at radius 1 is 1.26 bits per heavy atom. The Kier molecular flexibility index (Phi) is 4.93. The fourth-order valence-electron chi connectivity index (χ4n) is 2.13. The van der Waals surface area contributed by atoms with E-state index in [4.69, 9.17) is 0 Å². The van der Waals surface area contributed by atoms with E-state index in [9.17, 15) is 5.11 Å². The molecule has 1 atom stereocenters. The maximum atomic E-state index is 9.54. The first-order valence-corrected chi connectivity index (χ1v) is 6.71. The monoisotopic (exact) mass is 256 g/mol. The highest BCUT2D eigenvalue weighted by Crippen LogP contribution is 2.20. The van der Waals surface area contributed by atoms with Crippen LogP contribution >= 0.6 is 0 Å². The van der Waals surface area contributed by atoms with Crippen LogP contribution in [0.1, 0.15) is 30.5 Å². The smallest absolute Gasteiger partial charge is 0.115 e. The van der Waals surface area contributed by atoms with Gasteiger partial charge in [-0.05, 0) is 48.7 Å². The Hall–Kier alpha value is -1.87. The molecule has 3 heteroatoms. The van der Waals surface area contributed by atoms with Crippen LogP contribution in [0.15, 0.2) is 48.8 Å². The number of benzene rings is 1. The number of hydrogen-bond donors (Lipinski definition) is 2. The van der Waals surface area contributed by atoms with E-state index in [0.29, 0.717) is 5.75 Å². The summed E-state index contributed by atoms with van der Waals surface area (Å²) in [5.41, 5.74) is 2.30. The zero-order valence-corrected chi connectivity index (χ0v) is 11.2. The van der Waals surface area contributed by atoms with Crippen LogP contribution in [-0.2, 0) is 6.42 Å². The van der Waals surface area contributed by atoms with E-state index in [0.717, 1.165) is 24.9 Å². The molecule has 1 unspecified atom stereocenters. The molecule has 1 aromatic heterocycles. The molecule has 0 spiro atoms. The van der Waals surface area contributed by atoms with Gasteiger partial charge in [0.1, 0.15) is 5.75 Å². The Morgan fingerprint density at radius 2 is 2.16 bits per heavy atom. The van der Waals surface area contributed by atoms with Crippen molar-refractivity contribution in [3.63, 3.8) is 0 Å². The first-order valence-electron chi connectivity index (χ1n) is 6.71. The van der Waals surface area contributed by atoms with Crippen LogP contribution in [0, 0.1) is 0 Å². The molecule has 0 fully saturated rings. The number of nitrogens with zero attached hydrogens (tertiary/aromatic N) is 1. The number of pyridine rings is 1. The van der Waals surface area contributed by atoms with E-state index in [1.807, 2.05) is 30.5 Å². The first kappa shape index (κ1) is 13.6. The van der Waals surface area contributed by atoms with E-state index in [1.54, 1.807) is 12.3 Å². The summed E-state index contributed by atoms with van der Waals surface area (Å²) in [6.45, 7) is 3.13. The van der Waals surface area contributed by atoms with E-state index in [1.165, 1.54) is 5.56 Å². The first-order chi connectivity index (χ1) is 9.29. The number of rotatable bonds is 6. The molecule has 2 aromatic rings. The third-order valence-corrected chi connectivity index (χ3v) is 3.08. The highest BCUT2D eigenvalue weighted by atomic mass is 16.3. The van der Waals surface area contributed by atoms with Gasteiger partial charge in [-0.2, -0.15) is 0 Å². The zero-order chi connectivity index (χ0) is 13.5. The van der Waals surface area contributed by atoms with Crippen molar-refractivity contribution in [3.8, 4) is 5.75 Å². The van der Waals surface area contributed by atoms with E-state index in [2.05, 4.69) is 23.3 Å². The summed E-state index contributed by atoms with van der Waals surface area (Å²) in [5.74, 6) is 0.318. The average Bonchev–Trinajstić information content (AvgIpc) is 2.44. The fraction of sp³-hybridized carbons (Fsp3) is 0.312. The van der Waals surface area contributed by atoms with Crippen molar-refractivity contribution in [3.05, 3.63) is 59.9 Å². The molecule has 0 saturated heterocycles. The number of aromatic hydroxyl groups is 1. The van der Waals surface area contributed by atoms with Gasteiger partial charge in [0.25, 0.3) is 0 Å². The van der Waals surface area contributed by atoms with Gasteiger partial charge in [0.05, 0.1) is 0 Å². The van der Waals surface area contributed by atoms with Gasteiger partial charge in [-0.15, -0.1) is 0 Å². The largest absolute Gasteiger partial charge is 0.508 e. The molecule has 0 aliphatic carbocycles. The van der Waals surface area contributed by atoms with Crippen molar-refractivity contribution in [1.29, 1.82) is 0 Å². The Bertz CT molecular complexity index is 499. The molecular formula is C16H20N2O. The lowest BCUT2D eigenvalue weighted by atomic mass is 10.00. The van der Waals surface area contributed by atoms with Gasteiger partial charge in [-0.1, -0.05) is 25.1 Å². The summed E-state index contributed by atoms with van der Waals surface area (Å²) in [4.78, 5) is 4.18. The molecule has 100 valence electrons. The third-order valence-electron chi connectivity index (χ3n) is 3.08. The van der Waals surface area contributed by atoms with Gasteiger partial charge >= 0.3 is 0 Å². The summed E-state index contributed by atoms with van der Waals surface area (Å²) < 4.78 is 0. The summed E-state index contributed by atoms with van der Waals surface area (Å²) in [6.07, 6.45) is 5.63. The van der Waals surface area contributed by atoms with Crippen molar-refractivity contribution < 1.29 is 5.11 Å². The number of nitrogens with one attached hydrogen (secondary N) is 1. The topological polar surface area (TPSA) is 45.1 Å². The van der Waals surface area contributed by atoms with E-state index < -0.39 is 0 Å². The standard InChI is InChI=1S/C16H20N2O/c1-2-8-18-16(14-6-4-9-17-12-14)11-13-5-3-7-15(19)10-13/h3-7,9-10,12,16,18-19H,2,8,11H2,1H3. The summed E-state index contributed by atoms with van der Waals surface area (Å²) in [5, 5.41) is 13.1. The summed E-state index contributed by atoms with van der Waals surface area (Å²) in [6, 6.07) is 11.7. The van der Waals surface area contributed by atoms with Gasteiger partial charge in [0.2, 0.25) is 0 Å². The van der Waals surface area contributed by atoms with Crippen LogP contribution in [0.2, 0.25) is 0 Å². The normalized spacial score (nSPS) is 12.3. The number of phenolic OH excluding ortho intramolecular Hbond substituents is 1. The Labute approximate surface area is 114 Å².